The van der Waals surface area contributed by atoms with Gasteiger partial charge in [0.2, 0.25) is 11.8 Å². The molecule has 2 N–H and O–H groups in total. The van der Waals surface area contributed by atoms with E-state index in [9.17, 15) is 0 Å². The number of hydrogen-bond donors (Lipinski definition) is 1. The molecular formula is C14H13ClN4O. The van der Waals surface area contributed by atoms with Crippen molar-refractivity contribution in [1.29, 1.82) is 0 Å². The summed E-state index contributed by atoms with van der Waals surface area (Å²) in [6, 6.07) is 11.2. The van der Waals surface area contributed by atoms with E-state index in [0.29, 0.717) is 29.0 Å². The van der Waals surface area contributed by atoms with Crippen molar-refractivity contribution in [3.63, 3.8) is 0 Å². The van der Waals surface area contributed by atoms with E-state index in [1.54, 1.807) is 13.2 Å². The molecule has 0 radical (unpaired) electrons. The minimum Gasteiger partial charge on any atom is -0.481 e. The van der Waals surface area contributed by atoms with Crippen molar-refractivity contribution >= 4 is 28.7 Å². The maximum Gasteiger partial charge on any atom is 0.215 e. The van der Waals surface area contributed by atoms with E-state index in [4.69, 9.17) is 22.1 Å². The SMILES string of the molecule is COc1ccc2nc(N)n(Cc3cccc(Cl)c3)c2n1. The molecule has 2 heterocycles. The van der Waals surface area contributed by atoms with E-state index in [1.807, 2.05) is 34.9 Å². The molecule has 2 aromatic heterocycles. The van der Waals surface area contributed by atoms with Gasteiger partial charge in [-0.25, -0.2) is 4.98 Å². The minimum absolute atomic E-state index is 0.417. The van der Waals surface area contributed by atoms with Crippen molar-refractivity contribution in [1.82, 2.24) is 14.5 Å². The Kier molecular flexibility index (Phi) is 3.20. The van der Waals surface area contributed by atoms with Gasteiger partial charge in [-0.05, 0) is 23.8 Å². The van der Waals surface area contributed by atoms with E-state index in [1.165, 1.54) is 0 Å². The van der Waals surface area contributed by atoms with Gasteiger partial charge in [0.25, 0.3) is 0 Å². The predicted octanol–water partition coefficient (Wildman–Crippen LogP) is 2.72. The highest BCUT2D eigenvalue weighted by Crippen LogP contribution is 2.21. The van der Waals surface area contributed by atoms with E-state index in [-0.39, 0.29) is 0 Å². The molecule has 0 atom stereocenters. The number of imidazole rings is 1. The Balaban J connectivity index is 2.08. The summed E-state index contributed by atoms with van der Waals surface area (Å²) < 4.78 is 6.98. The van der Waals surface area contributed by atoms with Crippen LogP contribution in [0.5, 0.6) is 5.88 Å². The fourth-order valence-corrected chi connectivity index (χ4v) is 2.30. The van der Waals surface area contributed by atoms with Gasteiger partial charge >= 0.3 is 0 Å². The summed E-state index contributed by atoms with van der Waals surface area (Å²) in [6.07, 6.45) is 0. The quantitative estimate of drug-likeness (QED) is 0.805. The molecule has 0 bridgehead atoms. The van der Waals surface area contributed by atoms with E-state index < -0.39 is 0 Å². The van der Waals surface area contributed by atoms with Crippen LogP contribution in [0.3, 0.4) is 0 Å². The summed E-state index contributed by atoms with van der Waals surface area (Å²) >= 11 is 6.00. The molecule has 102 valence electrons. The molecule has 3 aromatic rings. The molecule has 0 aliphatic rings. The molecular weight excluding hydrogens is 276 g/mol. The molecule has 1 aromatic carbocycles. The van der Waals surface area contributed by atoms with Crippen LogP contribution in [0.1, 0.15) is 5.56 Å². The molecule has 0 saturated heterocycles. The lowest BCUT2D eigenvalue weighted by Crippen LogP contribution is -2.05. The smallest absolute Gasteiger partial charge is 0.215 e. The molecule has 0 spiro atoms. The van der Waals surface area contributed by atoms with Crippen LogP contribution in [0.4, 0.5) is 5.95 Å². The zero-order valence-corrected chi connectivity index (χ0v) is 11.6. The topological polar surface area (TPSA) is 66.0 Å². The number of rotatable bonds is 3. The molecule has 20 heavy (non-hydrogen) atoms. The van der Waals surface area contributed by atoms with Gasteiger partial charge in [0.1, 0.15) is 5.52 Å². The van der Waals surface area contributed by atoms with Crippen LogP contribution in [0.15, 0.2) is 36.4 Å². The Morgan fingerprint density at radius 1 is 1.25 bits per heavy atom. The predicted molar refractivity (Wildman–Crippen MR) is 79.0 cm³/mol. The van der Waals surface area contributed by atoms with Crippen molar-refractivity contribution in [3.8, 4) is 5.88 Å². The third-order valence-electron chi connectivity index (χ3n) is 3.04. The zero-order chi connectivity index (χ0) is 14.1. The number of nitrogens with two attached hydrogens (primary N) is 1. The van der Waals surface area contributed by atoms with Gasteiger partial charge < -0.3 is 10.5 Å². The number of aromatic nitrogens is 3. The lowest BCUT2D eigenvalue weighted by atomic mass is 10.2. The summed E-state index contributed by atoms with van der Waals surface area (Å²) in [5.41, 5.74) is 8.44. The van der Waals surface area contributed by atoms with Crippen molar-refractivity contribution in [2.75, 3.05) is 12.8 Å². The maximum atomic E-state index is 6.00. The second-order valence-corrected chi connectivity index (χ2v) is 4.82. The Bertz CT molecular complexity index is 769. The normalized spacial score (nSPS) is 10.9. The average molecular weight is 289 g/mol. The van der Waals surface area contributed by atoms with Crippen LogP contribution in [-0.2, 0) is 6.54 Å². The van der Waals surface area contributed by atoms with Crippen LogP contribution in [-0.4, -0.2) is 21.6 Å². The molecule has 0 fully saturated rings. The molecule has 6 heteroatoms. The largest absolute Gasteiger partial charge is 0.481 e. The van der Waals surface area contributed by atoms with Crippen molar-refractivity contribution < 1.29 is 4.74 Å². The third-order valence-corrected chi connectivity index (χ3v) is 3.27. The molecule has 3 rings (SSSR count). The number of nitrogen functional groups attached to an aromatic ring is 1. The van der Waals surface area contributed by atoms with E-state index in [2.05, 4.69) is 9.97 Å². The highest BCUT2D eigenvalue weighted by Gasteiger charge is 2.11. The second-order valence-electron chi connectivity index (χ2n) is 4.38. The van der Waals surface area contributed by atoms with Gasteiger partial charge in [-0.3, -0.25) is 4.57 Å². The second kappa shape index (κ2) is 5.02. The van der Waals surface area contributed by atoms with Gasteiger partial charge in [0.15, 0.2) is 5.65 Å². The first-order valence-electron chi connectivity index (χ1n) is 6.08. The summed E-state index contributed by atoms with van der Waals surface area (Å²) in [5, 5.41) is 0.691. The number of nitrogens with zero attached hydrogens (tertiary/aromatic N) is 3. The van der Waals surface area contributed by atoms with Crippen LogP contribution in [0.2, 0.25) is 5.02 Å². The molecule has 0 saturated carbocycles. The van der Waals surface area contributed by atoms with E-state index in [0.717, 1.165) is 11.1 Å². The minimum atomic E-state index is 0.417. The lowest BCUT2D eigenvalue weighted by Gasteiger charge is -2.07. The Morgan fingerprint density at radius 2 is 2.10 bits per heavy atom. The van der Waals surface area contributed by atoms with Gasteiger partial charge in [-0.2, -0.15) is 4.98 Å². The number of pyridine rings is 1. The highest BCUT2D eigenvalue weighted by molar-refractivity contribution is 6.30. The van der Waals surface area contributed by atoms with Gasteiger partial charge in [0.05, 0.1) is 13.7 Å². The number of hydrogen-bond acceptors (Lipinski definition) is 4. The maximum absolute atomic E-state index is 6.00. The van der Waals surface area contributed by atoms with Crippen LogP contribution < -0.4 is 10.5 Å². The third kappa shape index (κ3) is 2.28. The van der Waals surface area contributed by atoms with Crippen LogP contribution >= 0.6 is 11.6 Å². The van der Waals surface area contributed by atoms with Gasteiger partial charge in [-0.1, -0.05) is 23.7 Å². The Labute approximate surface area is 121 Å². The monoisotopic (exact) mass is 288 g/mol. The Morgan fingerprint density at radius 3 is 2.85 bits per heavy atom. The first-order valence-corrected chi connectivity index (χ1v) is 6.46. The van der Waals surface area contributed by atoms with E-state index >= 15 is 0 Å². The number of fused-ring (bicyclic) bond motifs is 1. The fraction of sp³-hybridized carbons (Fsp3) is 0.143. The number of anilines is 1. The summed E-state index contributed by atoms with van der Waals surface area (Å²) in [4.78, 5) is 8.70. The van der Waals surface area contributed by atoms with Gasteiger partial charge in [-0.15, -0.1) is 0 Å². The standard InChI is InChI=1S/C14H13ClN4O/c1-20-12-6-5-11-13(18-12)19(14(16)17-11)8-9-3-2-4-10(15)7-9/h2-7H,8H2,1H3,(H2,16,17). The Hall–Kier alpha value is -2.27. The first kappa shape index (κ1) is 12.7. The first-order chi connectivity index (χ1) is 9.67. The highest BCUT2D eigenvalue weighted by atomic mass is 35.5. The molecule has 5 nitrogen and oxygen atoms in total. The van der Waals surface area contributed by atoms with Crippen molar-refractivity contribution in [3.05, 3.63) is 47.0 Å². The lowest BCUT2D eigenvalue weighted by molar-refractivity contribution is 0.399. The fourth-order valence-electron chi connectivity index (χ4n) is 2.09. The number of methoxy groups -OCH3 is 1. The van der Waals surface area contributed by atoms with Crippen molar-refractivity contribution in [2.24, 2.45) is 0 Å². The number of benzene rings is 1. The molecule has 0 amide bonds. The van der Waals surface area contributed by atoms with Crippen LogP contribution in [0.25, 0.3) is 11.2 Å². The van der Waals surface area contributed by atoms with Crippen molar-refractivity contribution in [2.45, 2.75) is 6.54 Å². The molecule has 0 unspecified atom stereocenters. The molecule has 0 aliphatic carbocycles. The van der Waals surface area contributed by atoms with Crippen LogP contribution in [0, 0.1) is 0 Å². The number of ether oxygens (including phenoxy) is 1. The zero-order valence-electron chi connectivity index (χ0n) is 10.9. The summed E-state index contributed by atoms with van der Waals surface area (Å²) in [5.74, 6) is 0.950. The number of halogens is 1. The average Bonchev–Trinajstić information content (AvgIpc) is 2.74. The molecule has 0 aliphatic heterocycles. The summed E-state index contributed by atoms with van der Waals surface area (Å²) in [7, 11) is 1.58. The summed E-state index contributed by atoms with van der Waals surface area (Å²) in [6.45, 7) is 0.559. The van der Waals surface area contributed by atoms with Gasteiger partial charge in [0, 0.05) is 11.1 Å².